The van der Waals surface area contributed by atoms with Gasteiger partial charge in [0.25, 0.3) is 0 Å². The first kappa shape index (κ1) is 20.5. The number of nitrogens with zero attached hydrogens (tertiary/aromatic N) is 2. The number of guanidine groups is 1. The molecule has 6 nitrogen and oxygen atoms in total. The van der Waals surface area contributed by atoms with Crippen molar-refractivity contribution in [2.75, 3.05) is 39.8 Å². The maximum absolute atomic E-state index is 11.6. The van der Waals surface area contributed by atoms with Crippen molar-refractivity contribution in [3.63, 3.8) is 0 Å². The van der Waals surface area contributed by atoms with Crippen molar-refractivity contribution in [3.8, 4) is 0 Å². The minimum absolute atomic E-state index is 0. The van der Waals surface area contributed by atoms with Crippen LogP contribution in [0, 0.1) is 0 Å². The first-order chi connectivity index (χ1) is 10.8. The fraction of sp³-hybridized carbons (Fsp3) is 0.875. The van der Waals surface area contributed by atoms with E-state index in [2.05, 4.69) is 25.8 Å². The number of hydrogen-bond donors (Lipinski definition) is 3. The molecule has 0 aromatic carbocycles. The van der Waals surface area contributed by atoms with Crippen LogP contribution >= 0.6 is 24.0 Å². The Kier molecular flexibility index (Phi) is 10.6. The van der Waals surface area contributed by atoms with Crippen molar-refractivity contribution in [1.29, 1.82) is 0 Å². The number of amides is 1. The van der Waals surface area contributed by atoms with E-state index in [1.54, 1.807) is 7.05 Å². The van der Waals surface area contributed by atoms with Gasteiger partial charge in [-0.3, -0.25) is 9.79 Å². The van der Waals surface area contributed by atoms with Gasteiger partial charge in [-0.1, -0.05) is 6.42 Å². The number of nitrogens with one attached hydrogen (secondary N) is 3. The van der Waals surface area contributed by atoms with E-state index >= 15 is 0 Å². The van der Waals surface area contributed by atoms with E-state index in [-0.39, 0.29) is 29.9 Å². The van der Waals surface area contributed by atoms with Crippen molar-refractivity contribution in [1.82, 2.24) is 20.9 Å². The Morgan fingerprint density at radius 1 is 1.13 bits per heavy atom. The second-order valence-electron chi connectivity index (χ2n) is 6.27. The number of carbonyl (C=O) groups excluding carboxylic acids is 1. The van der Waals surface area contributed by atoms with Crippen molar-refractivity contribution >= 4 is 35.8 Å². The van der Waals surface area contributed by atoms with Gasteiger partial charge in [0.2, 0.25) is 5.91 Å². The standard InChI is InChI=1S/C16H31N5O.HI/c1-17-16(19-10-13-21-11-3-2-4-12-21)18-9-5-6-15(22)20-14-7-8-14;/h14H,2-13H2,1H3,(H,20,22)(H2,17,18,19);1H. The Hall–Kier alpha value is -0.570. The van der Waals surface area contributed by atoms with Crippen LogP contribution in [-0.2, 0) is 4.79 Å². The molecule has 0 aromatic heterocycles. The summed E-state index contributed by atoms with van der Waals surface area (Å²) in [6.45, 7) is 5.22. The number of piperidine rings is 1. The lowest BCUT2D eigenvalue weighted by molar-refractivity contribution is -0.121. The lowest BCUT2D eigenvalue weighted by Gasteiger charge is -2.26. The summed E-state index contributed by atoms with van der Waals surface area (Å²) in [7, 11) is 1.79. The van der Waals surface area contributed by atoms with Crippen LogP contribution in [0.4, 0.5) is 0 Å². The second kappa shape index (κ2) is 11.9. The Labute approximate surface area is 157 Å². The highest BCUT2D eigenvalue weighted by Gasteiger charge is 2.22. The van der Waals surface area contributed by atoms with E-state index in [1.807, 2.05) is 0 Å². The molecule has 2 aliphatic rings. The Morgan fingerprint density at radius 2 is 1.83 bits per heavy atom. The molecule has 7 heteroatoms. The third-order valence-electron chi connectivity index (χ3n) is 4.21. The number of rotatable bonds is 8. The first-order valence-corrected chi connectivity index (χ1v) is 8.74. The SMILES string of the molecule is CN=C(NCCCC(=O)NC1CC1)NCCN1CCCCC1.I. The fourth-order valence-corrected chi connectivity index (χ4v) is 2.72. The smallest absolute Gasteiger partial charge is 0.220 e. The third kappa shape index (κ3) is 9.34. The molecule has 3 N–H and O–H groups in total. The molecule has 0 bridgehead atoms. The van der Waals surface area contributed by atoms with Crippen LogP contribution in [-0.4, -0.2) is 62.6 Å². The van der Waals surface area contributed by atoms with Gasteiger partial charge >= 0.3 is 0 Å². The zero-order valence-electron chi connectivity index (χ0n) is 14.3. The predicted octanol–water partition coefficient (Wildman–Crippen LogP) is 1.31. The van der Waals surface area contributed by atoms with Crippen molar-refractivity contribution in [2.45, 2.75) is 51.0 Å². The largest absolute Gasteiger partial charge is 0.356 e. The summed E-state index contributed by atoms with van der Waals surface area (Å²) < 4.78 is 0. The number of carbonyl (C=O) groups is 1. The number of aliphatic imine (C=N–C) groups is 1. The van der Waals surface area contributed by atoms with Gasteiger partial charge in [-0.25, -0.2) is 0 Å². The van der Waals surface area contributed by atoms with Crippen molar-refractivity contribution in [3.05, 3.63) is 0 Å². The van der Waals surface area contributed by atoms with E-state index in [4.69, 9.17) is 0 Å². The number of likely N-dealkylation sites (tertiary alicyclic amines) is 1. The Balaban J connectivity index is 0.00000264. The molecule has 1 saturated carbocycles. The summed E-state index contributed by atoms with van der Waals surface area (Å²) in [5.74, 6) is 1.01. The average molecular weight is 437 g/mol. The molecule has 0 aromatic rings. The maximum Gasteiger partial charge on any atom is 0.220 e. The molecule has 2 fully saturated rings. The van der Waals surface area contributed by atoms with E-state index in [1.165, 1.54) is 32.4 Å². The van der Waals surface area contributed by atoms with E-state index in [0.717, 1.165) is 44.9 Å². The topological polar surface area (TPSA) is 68.8 Å². The molecule has 23 heavy (non-hydrogen) atoms. The summed E-state index contributed by atoms with van der Waals surface area (Å²) in [6.07, 6.45) is 7.77. The molecule has 0 unspecified atom stereocenters. The lowest BCUT2D eigenvalue weighted by atomic mass is 10.1. The summed E-state index contributed by atoms with van der Waals surface area (Å²) >= 11 is 0. The quantitative estimate of drug-likeness (QED) is 0.232. The van der Waals surface area contributed by atoms with Crippen LogP contribution in [0.25, 0.3) is 0 Å². The summed E-state index contributed by atoms with van der Waals surface area (Å²) in [5.41, 5.74) is 0. The molecule has 134 valence electrons. The van der Waals surface area contributed by atoms with Gasteiger partial charge in [0.15, 0.2) is 5.96 Å². The van der Waals surface area contributed by atoms with Gasteiger partial charge in [-0.2, -0.15) is 0 Å². The zero-order chi connectivity index (χ0) is 15.6. The van der Waals surface area contributed by atoms with Crippen molar-refractivity contribution < 1.29 is 4.79 Å². The molecule has 1 saturated heterocycles. The molecule has 1 aliphatic heterocycles. The van der Waals surface area contributed by atoms with Crippen molar-refractivity contribution in [2.24, 2.45) is 4.99 Å². The van der Waals surface area contributed by atoms with Gasteiger partial charge in [0.05, 0.1) is 0 Å². The molecular weight excluding hydrogens is 405 g/mol. The van der Waals surface area contributed by atoms with Crippen LogP contribution in [0.15, 0.2) is 4.99 Å². The Bertz CT molecular complexity index is 367. The van der Waals surface area contributed by atoms with Gasteiger partial charge < -0.3 is 20.9 Å². The normalized spacial score (nSPS) is 18.9. The lowest BCUT2D eigenvalue weighted by Crippen LogP contribution is -2.43. The van der Waals surface area contributed by atoms with E-state index < -0.39 is 0 Å². The van der Waals surface area contributed by atoms with Crippen LogP contribution < -0.4 is 16.0 Å². The molecule has 2 rings (SSSR count). The highest BCUT2D eigenvalue weighted by atomic mass is 127. The molecule has 1 amide bonds. The second-order valence-corrected chi connectivity index (χ2v) is 6.27. The summed E-state index contributed by atoms with van der Waals surface area (Å²) in [5, 5.41) is 9.62. The molecule has 1 aliphatic carbocycles. The van der Waals surface area contributed by atoms with Gasteiger partial charge in [-0.15, -0.1) is 24.0 Å². The van der Waals surface area contributed by atoms with Crippen LogP contribution in [0.5, 0.6) is 0 Å². The molecular formula is C16H32IN5O. The van der Waals surface area contributed by atoms with Gasteiger partial charge in [0, 0.05) is 39.1 Å². The fourth-order valence-electron chi connectivity index (χ4n) is 2.72. The van der Waals surface area contributed by atoms with Crippen LogP contribution in [0.3, 0.4) is 0 Å². The first-order valence-electron chi connectivity index (χ1n) is 8.74. The highest BCUT2D eigenvalue weighted by Crippen LogP contribution is 2.18. The molecule has 1 heterocycles. The molecule has 0 atom stereocenters. The average Bonchev–Trinajstić information content (AvgIpc) is 3.34. The summed E-state index contributed by atoms with van der Waals surface area (Å²) in [6, 6.07) is 0.463. The minimum Gasteiger partial charge on any atom is -0.356 e. The minimum atomic E-state index is 0. The third-order valence-corrected chi connectivity index (χ3v) is 4.21. The predicted molar refractivity (Wildman–Crippen MR) is 105 cm³/mol. The van der Waals surface area contributed by atoms with Gasteiger partial charge in [0.1, 0.15) is 0 Å². The van der Waals surface area contributed by atoms with E-state index in [9.17, 15) is 4.79 Å². The van der Waals surface area contributed by atoms with Crippen LogP contribution in [0.1, 0.15) is 44.9 Å². The molecule has 0 spiro atoms. The van der Waals surface area contributed by atoms with Crippen LogP contribution in [0.2, 0.25) is 0 Å². The summed E-state index contributed by atoms with van der Waals surface area (Å²) in [4.78, 5) is 18.3. The number of hydrogen-bond acceptors (Lipinski definition) is 3. The van der Waals surface area contributed by atoms with E-state index in [0.29, 0.717) is 12.5 Å². The highest BCUT2D eigenvalue weighted by molar-refractivity contribution is 14.0. The molecule has 0 radical (unpaired) electrons. The Morgan fingerprint density at radius 3 is 2.48 bits per heavy atom. The van der Waals surface area contributed by atoms with Gasteiger partial charge in [-0.05, 0) is 45.2 Å². The maximum atomic E-state index is 11.6. The number of halogens is 1. The zero-order valence-corrected chi connectivity index (χ0v) is 16.6. The monoisotopic (exact) mass is 437 g/mol.